The van der Waals surface area contributed by atoms with Crippen LogP contribution in [-0.4, -0.2) is 90.1 Å². The van der Waals surface area contributed by atoms with E-state index >= 15 is 0 Å². The Morgan fingerprint density at radius 3 is 0.971 bits per heavy atom. The van der Waals surface area contributed by atoms with Crippen molar-refractivity contribution in [3.05, 3.63) is 0 Å². The average molecular weight is 548 g/mol. The molecular weight excluding hydrogens is 533 g/mol. The van der Waals surface area contributed by atoms with Crippen LogP contribution in [0.25, 0.3) is 0 Å². The van der Waals surface area contributed by atoms with Crippen molar-refractivity contribution in [2.45, 2.75) is 36.9 Å². The van der Waals surface area contributed by atoms with Crippen molar-refractivity contribution >= 4 is 46.2 Å². The number of carbonyl (C=O) groups is 6. The molecule has 0 spiro atoms. The molecule has 0 aliphatic carbocycles. The Morgan fingerprint density at radius 1 is 0.618 bits per heavy atom. The van der Waals surface area contributed by atoms with Crippen molar-refractivity contribution in [2.24, 2.45) is 0 Å². The first-order valence-corrected chi connectivity index (χ1v) is 8.38. The molecule has 180 valence electrons. The van der Waals surface area contributed by atoms with E-state index in [-0.39, 0.29) is 88.7 Å². The number of rotatable bonds is 10. The predicted molar refractivity (Wildman–Crippen MR) is 80.5 cm³/mol. The van der Waals surface area contributed by atoms with Crippen LogP contribution in [0.4, 0.5) is 0 Å². The van der Waals surface area contributed by atoms with Crippen LogP contribution in [0.5, 0.6) is 0 Å². The molecule has 34 heavy (non-hydrogen) atoms. The van der Waals surface area contributed by atoms with Gasteiger partial charge in [0.2, 0.25) is 0 Å². The largest absolute Gasteiger partial charge is 1.00 e. The van der Waals surface area contributed by atoms with Crippen molar-refractivity contribution in [3.63, 3.8) is 0 Å². The minimum absolute atomic E-state index is 0. The summed E-state index contributed by atoms with van der Waals surface area (Å²) in [5.74, 6) is -11.0. The number of aliphatic carboxylic acids is 6. The van der Waals surface area contributed by atoms with Crippen LogP contribution in [0, 0.1) is 0 Å². The molecule has 22 heteroatoms. The van der Waals surface area contributed by atoms with E-state index in [2.05, 4.69) is 0 Å². The molecule has 18 nitrogen and oxygen atoms in total. The zero-order valence-electron chi connectivity index (χ0n) is 17.9. The van der Waals surface area contributed by atoms with Gasteiger partial charge in [-0.05, 0) is 0 Å². The molecule has 7 N–H and O–H groups in total. The van der Waals surface area contributed by atoms with E-state index in [4.69, 9.17) is 43.1 Å². The molecule has 0 heterocycles. The fourth-order valence-corrected chi connectivity index (χ4v) is 1.40. The smallest absolute Gasteiger partial charge is 0.550 e. The van der Waals surface area contributed by atoms with E-state index in [0.29, 0.717) is 0 Å². The Hall–Kier alpha value is -0.390. The molecule has 0 aliphatic rings. The third-order valence-electron chi connectivity index (χ3n) is 2.54. The Balaban J connectivity index is -0.0000000897. The second-order valence-corrected chi connectivity index (χ2v) is 6.24. The van der Waals surface area contributed by atoms with Crippen molar-refractivity contribution < 1.29 is 176 Å². The van der Waals surface area contributed by atoms with Crippen LogP contribution in [0.3, 0.4) is 0 Å². The molecule has 0 rings (SSSR count). The van der Waals surface area contributed by atoms with Gasteiger partial charge < -0.3 is 55.2 Å². The normalized spacial score (nSPS) is 10.0. The minimum Gasteiger partial charge on any atom is -0.550 e. The van der Waals surface area contributed by atoms with Gasteiger partial charge in [-0.15, -0.1) is 0 Å². The van der Waals surface area contributed by atoms with E-state index in [1.165, 1.54) is 0 Å². The summed E-state index contributed by atoms with van der Waals surface area (Å²) < 4.78 is 31.6. The summed E-state index contributed by atoms with van der Waals surface area (Å²) in [4.78, 5) is 60.5. The van der Waals surface area contributed by atoms with Crippen molar-refractivity contribution in [2.75, 3.05) is 0 Å². The van der Waals surface area contributed by atoms with Crippen molar-refractivity contribution in [3.8, 4) is 0 Å². The first kappa shape index (κ1) is 46.9. The molecule has 0 aliphatic heterocycles. The zero-order valence-corrected chi connectivity index (χ0v) is 24.7. The predicted octanol–water partition coefficient (Wildman–Crippen LogP) is -16.1. The van der Waals surface area contributed by atoms with Crippen LogP contribution in [0.2, 0.25) is 0 Å². The number of hydrogen-bond acceptors (Lipinski definition) is 13. The number of hydrogen-bond donors (Lipinski definition) is 7. The van der Waals surface area contributed by atoms with Gasteiger partial charge in [0.25, 0.3) is 0 Å². The molecule has 0 bridgehead atoms. The topological polar surface area (TPSA) is 347 Å². The monoisotopic (exact) mass is 548 g/mol. The summed E-state index contributed by atoms with van der Waals surface area (Å²) in [5, 5.41) is 72.7. The quantitative estimate of drug-likeness (QED) is 0.0983. The maximum absolute atomic E-state index is 10.3. The van der Waals surface area contributed by atoms with E-state index in [9.17, 15) is 44.1 Å². The van der Waals surface area contributed by atoms with Gasteiger partial charge in [0.05, 0.1) is 18.8 Å². The molecular formula is C12H15Na3O18S. The molecule has 0 saturated carbocycles. The molecule has 0 atom stereocenters. The maximum Gasteiger partial charge on any atom is 1.00 e. The Labute approximate surface area is 256 Å². The van der Waals surface area contributed by atoms with Crippen LogP contribution >= 0.6 is 0 Å². The molecule has 0 saturated heterocycles. The van der Waals surface area contributed by atoms with Gasteiger partial charge in [-0.2, -0.15) is 8.42 Å². The number of aliphatic hydroxyl groups is 2. The van der Waals surface area contributed by atoms with Gasteiger partial charge in [0.15, 0.2) is 5.60 Å². The summed E-state index contributed by atoms with van der Waals surface area (Å²) in [7, 11) is -4.67. The van der Waals surface area contributed by atoms with Gasteiger partial charge in [-0.3, -0.25) is 18.7 Å². The first-order valence-electron chi connectivity index (χ1n) is 6.98. The number of carbonyl (C=O) groups excluding carboxylic acids is 3. The second-order valence-electron chi connectivity index (χ2n) is 5.34. The van der Waals surface area contributed by atoms with Gasteiger partial charge >= 0.3 is 117 Å². The van der Waals surface area contributed by atoms with Gasteiger partial charge in [0.1, 0.15) is 5.60 Å². The van der Waals surface area contributed by atoms with Crippen molar-refractivity contribution in [1.82, 2.24) is 0 Å². The summed E-state index contributed by atoms with van der Waals surface area (Å²) in [5.41, 5.74) is -5.71. The zero-order chi connectivity index (χ0) is 25.8. The minimum atomic E-state index is -4.67. The molecule has 0 aromatic heterocycles. The molecule has 0 fully saturated rings. The summed E-state index contributed by atoms with van der Waals surface area (Å²) in [6.45, 7) is 0. The Morgan fingerprint density at radius 2 is 0.853 bits per heavy atom. The second kappa shape index (κ2) is 20.8. The summed E-state index contributed by atoms with van der Waals surface area (Å²) in [6, 6.07) is 0. The summed E-state index contributed by atoms with van der Waals surface area (Å²) in [6.07, 6.45) is -5.00. The van der Waals surface area contributed by atoms with E-state index in [1.807, 2.05) is 0 Å². The van der Waals surface area contributed by atoms with Crippen LogP contribution in [0.1, 0.15) is 25.7 Å². The van der Waals surface area contributed by atoms with Crippen LogP contribution < -0.4 is 104 Å². The van der Waals surface area contributed by atoms with Gasteiger partial charge in [-0.1, -0.05) is 0 Å². The van der Waals surface area contributed by atoms with E-state index in [1.54, 1.807) is 0 Å². The molecule has 0 radical (unpaired) electrons. The van der Waals surface area contributed by atoms with Gasteiger partial charge in [0, 0.05) is 24.8 Å². The third kappa shape index (κ3) is 29.6. The third-order valence-corrected chi connectivity index (χ3v) is 2.54. The number of carboxylic acid groups (broad SMARTS) is 6. The molecule has 0 amide bonds. The summed E-state index contributed by atoms with van der Waals surface area (Å²) >= 11 is 0. The van der Waals surface area contributed by atoms with E-state index < -0.39 is 83.1 Å². The average Bonchev–Trinajstić information content (AvgIpc) is 2.41. The standard InChI is InChI=1S/2C6H8O7.3Na.H2O4S/c2*7-3(8)1-6(13,5(11)12)2-4(9)10;;;;1-5(2,3)4/h2*13H,1-2H2,(H,7,8)(H,9,10)(H,11,12);;;;(H2,1,2,3,4)/q;;3*+1;/p-3. The number of carboxylic acids is 6. The molecule has 0 aromatic carbocycles. The van der Waals surface area contributed by atoms with Gasteiger partial charge in [-0.25, -0.2) is 4.79 Å². The SMILES string of the molecule is O=C(O)CC(O)(CC(=O)O)C(=O)O.O=C([O-])CC(O)(CC(=O)[O-])C(=O)[O-].O=S(=O)(O)O.[Na+].[Na+].[Na+]. The molecule has 0 aromatic rings. The maximum atomic E-state index is 10.3. The fraction of sp³-hybridized carbons (Fsp3) is 0.500. The van der Waals surface area contributed by atoms with E-state index in [0.717, 1.165) is 0 Å². The Kier molecular flexibility index (Phi) is 28.6. The Bertz CT molecular complexity index is 717. The fourth-order valence-electron chi connectivity index (χ4n) is 1.40. The van der Waals surface area contributed by atoms with Crippen LogP contribution in [0.15, 0.2) is 0 Å². The first-order chi connectivity index (χ1) is 13.6. The molecule has 0 unspecified atom stereocenters. The van der Waals surface area contributed by atoms with Crippen molar-refractivity contribution in [1.29, 1.82) is 0 Å². The van der Waals surface area contributed by atoms with Crippen LogP contribution in [-0.2, 0) is 39.2 Å².